The van der Waals surface area contributed by atoms with Crippen molar-refractivity contribution in [3.05, 3.63) is 36.0 Å². The van der Waals surface area contributed by atoms with Crippen LogP contribution in [0.15, 0.2) is 30.5 Å². The zero-order valence-electron chi connectivity index (χ0n) is 30.1. The highest BCUT2D eigenvalue weighted by molar-refractivity contribution is 7.98. The average molecular weight is 797 g/mol. The van der Waals surface area contributed by atoms with E-state index in [1.165, 1.54) is 11.8 Å². The Labute approximate surface area is 318 Å². The van der Waals surface area contributed by atoms with Crippen molar-refractivity contribution in [3.8, 4) is 0 Å². The fourth-order valence-electron chi connectivity index (χ4n) is 5.05. The predicted octanol–water partition coefficient (Wildman–Crippen LogP) is -4.35. The lowest BCUT2D eigenvalue weighted by atomic mass is 10.0. The van der Waals surface area contributed by atoms with E-state index in [4.69, 9.17) is 10.8 Å². The topological polar surface area (TPSA) is 352 Å². The van der Waals surface area contributed by atoms with Gasteiger partial charge in [-0.2, -0.15) is 11.8 Å². The van der Waals surface area contributed by atoms with Crippen LogP contribution in [0, 0.1) is 0 Å². The smallest absolute Gasteiger partial charge is 0.326 e. The van der Waals surface area contributed by atoms with Gasteiger partial charge in [0.05, 0.1) is 25.9 Å². The van der Waals surface area contributed by atoms with E-state index in [0.29, 0.717) is 22.2 Å². The lowest BCUT2D eigenvalue weighted by Crippen LogP contribution is -2.61. The molecule has 0 spiro atoms. The van der Waals surface area contributed by atoms with E-state index < -0.39 is 122 Å². The van der Waals surface area contributed by atoms with Crippen LogP contribution in [0.25, 0.3) is 10.9 Å². The number of nitrogens with two attached hydrogens (primary N) is 1. The molecule has 14 N–H and O–H groups in total. The van der Waals surface area contributed by atoms with E-state index >= 15 is 0 Å². The van der Waals surface area contributed by atoms with Crippen molar-refractivity contribution in [2.45, 2.75) is 75.0 Å². The molecule has 2 aromatic rings. The molecule has 0 bridgehead atoms. The number of carboxylic acids is 2. The van der Waals surface area contributed by atoms with E-state index in [0.717, 1.165) is 6.92 Å². The molecule has 0 aliphatic carbocycles. The second-order valence-corrected chi connectivity index (χ2v) is 13.3. The SMILES string of the molecule is CSCC[C@H](NC(=O)[C@H](Cc1c[nH]c2ccccc12)NC(=O)[C@@H](NC(=O)[C@H](CCC(=O)O)NC(=O)[C@H](CO)NC(=O)CNC(=O)[C@@H](N)CO)[C@@H](C)O)C(=O)O. The summed E-state index contributed by atoms with van der Waals surface area (Å²) in [6, 6.07) is -2.20. The molecule has 0 aliphatic heterocycles. The maximum Gasteiger partial charge on any atom is 0.326 e. The number of aliphatic carboxylic acids is 2. The maximum atomic E-state index is 13.7. The first kappa shape index (κ1) is 45.9. The lowest BCUT2D eigenvalue weighted by molar-refractivity contribution is -0.142. The minimum atomic E-state index is -1.80. The Hall–Kier alpha value is -5.29. The summed E-state index contributed by atoms with van der Waals surface area (Å²) in [5.74, 6) is -8.43. The number of benzene rings is 1. The molecule has 0 unspecified atom stereocenters. The molecule has 0 fully saturated rings. The van der Waals surface area contributed by atoms with E-state index in [2.05, 4.69) is 36.9 Å². The number of fused-ring (bicyclic) bond motifs is 1. The molecule has 1 aromatic heterocycles. The Balaban J connectivity index is 2.29. The highest BCUT2D eigenvalue weighted by Gasteiger charge is 2.35. The molecule has 7 atom stereocenters. The largest absolute Gasteiger partial charge is 0.481 e. The van der Waals surface area contributed by atoms with Gasteiger partial charge in [-0.1, -0.05) is 18.2 Å². The van der Waals surface area contributed by atoms with Gasteiger partial charge in [0.1, 0.15) is 36.3 Å². The Morgan fingerprint density at radius 1 is 0.782 bits per heavy atom. The summed E-state index contributed by atoms with van der Waals surface area (Å²) in [7, 11) is 0. The quantitative estimate of drug-likeness (QED) is 0.0477. The third-order valence-electron chi connectivity index (χ3n) is 8.09. The third kappa shape index (κ3) is 14.8. The summed E-state index contributed by atoms with van der Waals surface area (Å²) in [5.41, 5.74) is 6.64. The first-order chi connectivity index (χ1) is 26.0. The Morgan fingerprint density at radius 3 is 2.00 bits per heavy atom. The summed E-state index contributed by atoms with van der Waals surface area (Å²) in [6.07, 6.45) is 0.417. The number of rotatable bonds is 24. The van der Waals surface area contributed by atoms with Crippen LogP contribution in [0.3, 0.4) is 0 Å². The Bertz CT molecular complexity index is 1670. The number of carbonyl (C=O) groups is 8. The van der Waals surface area contributed by atoms with Crippen molar-refractivity contribution in [3.63, 3.8) is 0 Å². The van der Waals surface area contributed by atoms with Gasteiger partial charge in [-0.3, -0.25) is 33.6 Å². The van der Waals surface area contributed by atoms with Crippen LogP contribution in [0.5, 0.6) is 0 Å². The summed E-state index contributed by atoms with van der Waals surface area (Å²) in [5, 5.41) is 62.5. The molecule has 304 valence electrons. The van der Waals surface area contributed by atoms with Crippen LogP contribution < -0.4 is 37.6 Å². The Morgan fingerprint density at radius 2 is 1.40 bits per heavy atom. The average Bonchev–Trinajstić information content (AvgIpc) is 3.56. The number of para-hydroxylation sites is 1. The molecular formula is C33H48N8O13S. The van der Waals surface area contributed by atoms with Crippen molar-refractivity contribution in [1.82, 2.24) is 36.9 Å². The number of aromatic nitrogens is 1. The van der Waals surface area contributed by atoms with E-state index in [1.807, 2.05) is 0 Å². The van der Waals surface area contributed by atoms with Crippen LogP contribution in [0.4, 0.5) is 0 Å². The van der Waals surface area contributed by atoms with Gasteiger partial charge in [-0.15, -0.1) is 0 Å². The van der Waals surface area contributed by atoms with E-state index in [-0.39, 0.29) is 12.8 Å². The number of aliphatic hydroxyl groups excluding tert-OH is 3. The van der Waals surface area contributed by atoms with Gasteiger partial charge in [0, 0.05) is 29.9 Å². The number of aromatic amines is 1. The molecular weight excluding hydrogens is 748 g/mol. The molecule has 0 radical (unpaired) electrons. The molecule has 55 heavy (non-hydrogen) atoms. The number of aliphatic hydroxyl groups is 3. The fraction of sp³-hybridized carbons (Fsp3) is 0.515. The van der Waals surface area contributed by atoms with Crippen LogP contribution in [-0.4, -0.2) is 152 Å². The minimum absolute atomic E-state index is 0.0719. The number of hydrogen-bond acceptors (Lipinski definition) is 13. The molecule has 21 nitrogen and oxygen atoms in total. The number of carboxylic acid groups (broad SMARTS) is 2. The van der Waals surface area contributed by atoms with Gasteiger partial charge in [-0.25, -0.2) is 4.79 Å². The lowest BCUT2D eigenvalue weighted by Gasteiger charge is -2.28. The highest BCUT2D eigenvalue weighted by atomic mass is 32.2. The summed E-state index contributed by atoms with van der Waals surface area (Å²) >= 11 is 1.36. The third-order valence-corrected chi connectivity index (χ3v) is 8.73. The summed E-state index contributed by atoms with van der Waals surface area (Å²) in [4.78, 5) is 104. The van der Waals surface area contributed by atoms with Gasteiger partial charge in [0.25, 0.3) is 0 Å². The van der Waals surface area contributed by atoms with Crippen molar-refractivity contribution >= 4 is 70.0 Å². The van der Waals surface area contributed by atoms with E-state index in [1.54, 1.807) is 36.7 Å². The minimum Gasteiger partial charge on any atom is -0.481 e. The monoisotopic (exact) mass is 796 g/mol. The van der Waals surface area contributed by atoms with Crippen LogP contribution in [-0.2, 0) is 44.8 Å². The van der Waals surface area contributed by atoms with Gasteiger partial charge >= 0.3 is 11.9 Å². The number of amides is 6. The fourth-order valence-corrected chi connectivity index (χ4v) is 5.52. The summed E-state index contributed by atoms with van der Waals surface area (Å²) in [6.45, 7) is -1.29. The second-order valence-electron chi connectivity index (χ2n) is 12.3. The number of carbonyl (C=O) groups excluding carboxylic acids is 6. The van der Waals surface area contributed by atoms with Crippen LogP contribution in [0.2, 0.25) is 0 Å². The standard InChI is InChI=1S/C33H48N8O13S/c1-16(44)27(41-29(49)21(7-8-26(46)47)38-31(51)24(15-43)37-25(45)13-36-28(48)19(34)14-42)32(52)40-23(30(50)39-22(33(53)54)9-10-55-2)11-17-12-35-20-6-4-3-5-18(17)20/h3-6,12,16,19,21-24,27,35,42-44H,7-11,13-15,34H2,1-2H3,(H,36,48)(H,37,45)(H,38,51)(H,39,50)(H,40,52)(H,41,49)(H,46,47)(H,53,54)/t16-,19+,21+,22+,23+,24+,27+/m1/s1. The molecule has 1 aromatic carbocycles. The van der Waals surface area contributed by atoms with Crippen molar-refractivity contribution < 1.29 is 63.9 Å². The van der Waals surface area contributed by atoms with Crippen molar-refractivity contribution in [2.75, 3.05) is 31.8 Å². The molecule has 1 heterocycles. The van der Waals surface area contributed by atoms with Crippen LogP contribution in [0.1, 0.15) is 31.7 Å². The Kier molecular flexibility index (Phi) is 19.0. The molecule has 6 amide bonds. The van der Waals surface area contributed by atoms with Gasteiger partial charge in [0.15, 0.2) is 0 Å². The van der Waals surface area contributed by atoms with Crippen LogP contribution >= 0.6 is 11.8 Å². The highest BCUT2D eigenvalue weighted by Crippen LogP contribution is 2.19. The van der Waals surface area contributed by atoms with Gasteiger partial charge in [0.2, 0.25) is 35.4 Å². The zero-order chi connectivity index (χ0) is 41.2. The number of nitrogens with one attached hydrogen (secondary N) is 7. The van der Waals surface area contributed by atoms with E-state index in [9.17, 15) is 58.8 Å². The zero-order valence-corrected chi connectivity index (χ0v) is 30.9. The van der Waals surface area contributed by atoms with Crippen molar-refractivity contribution in [2.24, 2.45) is 5.73 Å². The first-order valence-corrected chi connectivity index (χ1v) is 18.3. The number of thioether (sulfide) groups is 1. The molecule has 0 saturated heterocycles. The molecule has 0 saturated carbocycles. The van der Waals surface area contributed by atoms with Gasteiger partial charge in [-0.05, 0) is 43.4 Å². The first-order valence-electron chi connectivity index (χ1n) is 16.9. The summed E-state index contributed by atoms with van der Waals surface area (Å²) < 4.78 is 0. The number of hydrogen-bond donors (Lipinski definition) is 13. The molecule has 0 aliphatic rings. The number of H-pyrrole nitrogens is 1. The second kappa shape index (κ2) is 22.8. The maximum absolute atomic E-state index is 13.7. The normalized spacial score (nSPS) is 14.9. The van der Waals surface area contributed by atoms with Gasteiger partial charge < -0.3 is 68.2 Å². The molecule has 2 rings (SSSR count). The van der Waals surface area contributed by atoms with Crippen molar-refractivity contribution in [1.29, 1.82) is 0 Å². The predicted molar refractivity (Wildman–Crippen MR) is 196 cm³/mol. The molecule has 22 heteroatoms.